The lowest BCUT2D eigenvalue weighted by atomic mass is 9.89. The average Bonchev–Trinajstić information content (AvgIpc) is 2.57. The van der Waals surface area contributed by atoms with Gasteiger partial charge >= 0.3 is 0 Å². The second-order valence-electron chi connectivity index (χ2n) is 4.69. The minimum Gasteiger partial charge on any atom is -0.390 e. The smallest absolute Gasteiger partial charge is 0.155 e. The van der Waals surface area contributed by atoms with Gasteiger partial charge in [0.25, 0.3) is 0 Å². The number of rotatable bonds is 1. The molecule has 15 heavy (non-hydrogen) atoms. The van der Waals surface area contributed by atoms with Gasteiger partial charge in [-0.1, -0.05) is 20.8 Å². The van der Waals surface area contributed by atoms with Crippen molar-refractivity contribution in [2.75, 3.05) is 0 Å². The number of hydrogen-bond acceptors (Lipinski definition) is 3. The van der Waals surface area contributed by atoms with Crippen molar-refractivity contribution in [2.24, 2.45) is 0 Å². The topological polar surface area (TPSA) is 50.4 Å². The summed E-state index contributed by atoms with van der Waals surface area (Å²) in [5.74, 6) is 0. The molecule has 80 valence electrons. The molecule has 0 bridgehead atoms. The van der Waals surface area contributed by atoms with E-state index in [4.69, 9.17) is 5.11 Å². The SMILES string of the molecule is CC(C)(C)c1cnc2cc(CO)nn2c1. The van der Waals surface area contributed by atoms with Crippen LogP contribution in [0.4, 0.5) is 0 Å². The molecule has 4 heteroatoms. The molecule has 1 N–H and O–H groups in total. The Morgan fingerprint density at radius 3 is 2.73 bits per heavy atom. The molecule has 2 heterocycles. The number of nitrogens with zero attached hydrogens (tertiary/aromatic N) is 3. The zero-order chi connectivity index (χ0) is 11.1. The minimum atomic E-state index is -0.0474. The van der Waals surface area contributed by atoms with E-state index in [-0.39, 0.29) is 12.0 Å². The molecule has 2 rings (SSSR count). The minimum absolute atomic E-state index is 0.0474. The van der Waals surface area contributed by atoms with Gasteiger partial charge in [-0.25, -0.2) is 9.50 Å². The highest BCUT2D eigenvalue weighted by Gasteiger charge is 2.15. The lowest BCUT2D eigenvalue weighted by Gasteiger charge is -2.17. The van der Waals surface area contributed by atoms with Gasteiger partial charge in [0.1, 0.15) is 0 Å². The van der Waals surface area contributed by atoms with Crippen LogP contribution in [0.3, 0.4) is 0 Å². The molecule has 0 unspecified atom stereocenters. The fourth-order valence-electron chi connectivity index (χ4n) is 1.39. The normalized spacial score (nSPS) is 12.3. The second-order valence-corrected chi connectivity index (χ2v) is 4.69. The van der Waals surface area contributed by atoms with Crippen LogP contribution >= 0.6 is 0 Å². The monoisotopic (exact) mass is 205 g/mol. The summed E-state index contributed by atoms with van der Waals surface area (Å²) in [6, 6.07) is 1.78. The standard InChI is InChI=1S/C11H15N3O/c1-11(2,3)8-5-12-10-4-9(7-15)13-14(10)6-8/h4-6,15H,7H2,1-3H3. The Labute approximate surface area is 88.6 Å². The summed E-state index contributed by atoms with van der Waals surface area (Å²) in [5, 5.41) is 13.2. The molecular formula is C11H15N3O. The predicted octanol–water partition coefficient (Wildman–Crippen LogP) is 1.52. The number of aliphatic hydroxyl groups is 1. The van der Waals surface area contributed by atoms with Gasteiger partial charge in [0.05, 0.1) is 12.3 Å². The summed E-state index contributed by atoms with van der Waals surface area (Å²) in [6.07, 6.45) is 3.82. The summed E-state index contributed by atoms with van der Waals surface area (Å²) in [5.41, 5.74) is 2.61. The third-order valence-electron chi connectivity index (χ3n) is 2.39. The Kier molecular flexibility index (Phi) is 2.23. The molecule has 0 radical (unpaired) electrons. The van der Waals surface area contributed by atoms with Crippen LogP contribution in [0.2, 0.25) is 0 Å². The summed E-state index contributed by atoms with van der Waals surface area (Å²) in [4.78, 5) is 4.31. The highest BCUT2D eigenvalue weighted by Crippen LogP contribution is 2.21. The van der Waals surface area contributed by atoms with Gasteiger partial charge in [-0.2, -0.15) is 5.10 Å². The Hall–Kier alpha value is -1.42. The van der Waals surface area contributed by atoms with E-state index >= 15 is 0 Å². The number of aliphatic hydroxyl groups excluding tert-OH is 1. The van der Waals surface area contributed by atoms with Crippen LogP contribution in [0.1, 0.15) is 32.0 Å². The molecule has 2 aromatic rings. The molecule has 0 amide bonds. The first-order chi connectivity index (χ1) is 7.00. The van der Waals surface area contributed by atoms with Crippen LogP contribution in [0.5, 0.6) is 0 Å². The van der Waals surface area contributed by atoms with Gasteiger partial charge in [-0.3, -0.25) is 0 Å². The molecule has 0 atom stereocenters. The molecule has 0 spiro atoms. The molecule has 0 aliphatic carbocycles. The van der Waals surface area contributed by atoms with Gasteiger partial charge < -0.3 is 5.11 Å². The van der Waals surface area contributed by atoms with Crippen molar-refractivity contribution < 1.29 is 5.11 Å². The van der Waals surface area contributed by atoms with Crippen LogP contribution < -0.4 is 0 Å². The zero-order valence-electron chi connectivity index (χ0n) is 9.23. The van der Waals surface area contributed by atoms with Crippen molar-refractivity contribution in [1.29, 1.82) is 0 Å². The maximum atomic E-state index is 8.96. The Bertz CT molecular complexity index is 482. The average molecular weight is 205 g/mol. The van der Waals surface area contributed by atoms with Crippen molar-refractivity contribution in [3.05, 3.63) is 29.7 Å². The number of aromatic nitrogens is 3. The summed E-state index contributed by atoms with van der Waals surface area (Å²) < 4.78 is 1.71. The van der Waals surface area contributed by atoms with Crippen LogP contribution in [-0.4, -0.2) is 19.7 Å². The molecule has 4 nitrogen and oxygen atoms in total. The summed E-state index contributed by atoms with van der Waals surface area (Å²) >= 11 is 0. The third kappa shape index (κ3) is 1.85. The predicted molar refractivity (Wildman–Crippen MR) is 57.6 cm³/mol. The lowest BCUT2D eigenvalue weighted by molar-refractivity contribution is 0.276. The summed E-state index contributed by atoms with van der Waals surface area (Å²) in [6.45, 7) is 6.35. The molecule has 0 aromatic carbocycles. The summed E-state index contributed by atoms with van der Waals surface area (Å²) in [7, 11) is 0. The van der Waals surface area contributed by atoms with Crippen molar-refractivity contribution in [3.8, 4) is 0 Å². The Balaban J connectivity index is 2.55. The maximum Gasteiger partial charge on any atom is 0.155 e. The van der Waals surface area contributed by atoms with Crippen molar-refractivity contribution >= 4 is 5.65 Å². The second kappa shape index (κ2) is 3.31. The van der Waals surface area contributed by atoms with E-state index in [1.54, 1.807) is 10.6 Å². The molecule has 0 saturated heterocycles. The quantitative estimate of drug-likeness (QED) is 0.768. The first-order valence-electron chi connectivity index (χ1n) is 4.96. The van der Waals surface area contributed by atoms with E-state index in [1.165, 1.54) is 0 Å². The molecule has 0 aliphatic heterocycles. The zero-order valence-corrected chi connectivity index (χ0v) is 9.23. The van der Waals surface area contributed by atoms with Crippen molar-refractivity contribution in [2.45, 2.75) is 32.8 Å². The first-order valence-corrected chi connectivity index (χ1v) is 4.96. The van der Waals surface area contributed by atoms with Gasteiger partial charge in [-0.05, 0) is 11.0 Å². The van der Waals surface area contributed by atoms with Crippen LogP contribution in [0, 0.1) is 0 Å². The number of fused-ring (bicyclic) bond motifs is 1. The van der Waals surface area contributed by atoms with E-state index in [0.717, 1.165) is 11.2 Å². The molecule has 0 aliphatic rings. The fraction of sp³-hybridized carbons (Fsp3) is 0.455. The Morgan fingerprint density at radius 1 is 1.40 bits per heavy atom. The van der Waals surface area contributed by atoms with Gasteiger partial charge in [-0.15, -0.1) is 0 Å². The van der Waals surface area contributed by atoms with E-state index in [9.17, 15) is 0 Å². The van der Waals surface area contributed by atoms with E-state index < -0.39 is 0 Å². The van der Waals surface area contributed by atoms with Crippen molar-refractivity contribution in [3.63, 3.8) is 0 Å². The highest BCUT2D eigenvalue weighted by atomic mass is 16.3. The van der Waals surface area contributed by atoms with E-state index in [1.807, 2.05) is 12.4 Å². The Morgan fingerprint density at radius 2 is 2.13 bits per heavy atom. The largest absolute Gasteiger partial charge is 0.390 e. The fourth-order valence-corrected chi connectivity index (χ4v) is 1.39. The third-order valence-corrected chi connectivity index (χ3v) is 2.39. The maximum absolute atomic E-state index is 8.96. The highest BCUT2D eigenvalue weighted by molar-refractivity contribution is 5.40. The van der Waals surface area contributed by atoms with Crippen LogP contribution in [0.25, 0.3) is 5.65 Å². The van der Waals surface area contributed by atoms with Crippen LogP contribution in [0.15, 0.2) is 18.5 Å². The molecule has 0 fully saturated rings. The molecular weight excluding hydrogens is 190 g/mol. The van der Waals surface area contributed by atoms with Crippen LogP contribution in [-0.2, 0) is 12.0 Å². The molecule has 2 aromatic heterocycles. The van der Waals surface area contributed by atoms with Gasteiger partial charge in [0.2, 0.25) is 0 Å². The first kappa shape index (κ1) is 10.1. The van der Waals surface area contributed by atoms with Gasteiger partial charge in [0, 0.05) is 18.5 Å². The van der Waals surface area contributed by atoms with Crippen molar-refractivity contribution in [1.82, 2.24) is 14.6 Å². The van der Waals surface area contributed by atoms with E-state index in [0.29, 0.717) is 5.69 Å². The van der Waals surface area contributed by atoms with Gasteiger partial charge in [0.15, 0.2) is 5.65 Å². The lowest BCUT2D eigenvalue weighted by Crippen LogP contribution is -2.12. The number of hydrogen-bond donors (Lipinski definition) is 1. The molecule has 0 saturated carbocycles. The van der Waals surface area contributed by atoms with E-state index in [2.05, 4.69) is 30.9 Å².